The van der Waals surface area contributed by atoms with Gasteiger partial charge in [-0.1, -0.05) is 15.9 Å². The van der Waals surface area contributed by atoms with Gasteiger partial charge in [0, 0.05) is 22.0 Å². The Hall–Kier alpha value is -4.03. The van der Waals surface area contributed by atoms with Gasteiger partial charge in [0.05, 0.1) is 18.9 Å². The van der Waals surface area contributed by atoms with Crippen molar-refractivity contribution in [3.63, 3.8) is 0 Å². The molecule has 33 heavy (non-hydrogen) atoms. The number of hydrogen-bond acceptors (Lipinski definition) is 11. The first-order valence-electron chi connectivity index (χ1n) is 9.96. The fourth-order valence-corrected chi connectivity index (χ4v) is 3.68. The van der Waals surface area contributed by atoms with E-state index in [1.165, 1.54) is 0 Å². The number of nitrogens with zero attached hydrogens (tertiary/aromatic N) is 4. The summed E-state index contributed by atoms with van der Waals surface area (Å²) in [5, 5.41) is 23.9. The van der Waals surface area contributed by atoms with Crippen molar-refractivity contribution in [2.45, 2.75) is 25.8 Å². The van der Waals surface area contributed by atoms with E-state index in [1.807, 2.05) is 12.3 Å². The number of esters is 1. The van der Waals surface area contributed by atoms with Gasteiger partial charge >= 0.3 is 5.97 Å². The molecular weight excluding hydrogens is 492 g/mol. The van der Waals surface area contributed by atoms with Crippen LogP contribution < -0.4 is 26.8 Å². The van der Waals surface area contributed by atoms with Gasteiger partial charge in [0.25, 0.3) is 0 Å². The molecule has 1 aliphatic heterocycles. The molecule has 0 spiro atoms. The molecule has 0 saturated carbocycles. The number of aromatic nitrogens is 1. The van der Waals surface area contributed by atoms with Crippen LogP contribution in [-0.2, 0) is 9.53 Å². The monoisotopic (exact) mass is 512 g/mol. The molecule has 0 saturated heterocycles. The number of rotatable bonds is 7. The summed E-state index contributed by atoms with van der Waals surface area (Å²) in [5.74, 6) is 0.577. The predicted octanol–water partition coefficient (Wildman–Crippen LogP) is 2.54. The standard InChI is InChI=1S/C21H21BrN8O3/c1-2-32-15(31)4-3-7-33-14-6-5-11(22)8-12(14)18-16-17(25)13(9-23)19(26)29-20(16)30-21(28-18)27-10-24/h5-6,8,18H,2-4,7H2,1H3,(H6,25,26,27,28,29,30). The van der Waals surface area contributed by atoms with E-state index in [1.54, 1.807) is 25.1 Å². The van der Waals surface area contributed by atoms with Crippen LogP contribution in [0, 0.1) is 22.8 Å². The van der Waals surface area contributed by atoms with E-state index in [9.17, 15) is 10.1 Å². The number of hydrogen-bond donors (Lipinski definition) is 4. The first-order chi connectivity index (χ1) is 15.9. The van der Waals surface area contributed by atoms with Crippen LogP contribution >= 0.6 is 15.9 Å². The van der Waals surface area contributed by atoms with Gasteiger partial charge in [-0.25, -0.2) is 9.98 Å². The van der Waals surface area contributed by atoms with Crippen LogP contribution in [0.3, 0.4) is 0 Å². The number of nitrogens with one attached hydrogen (secondary N) is 2. The molecule has 0 radical (unpaired) electrons. The van der Waals surface area contributed by atoms with Crippen LogP contribution in [0.2, 0.25) is 0 Å². The largest absolute Gasteiger partial charge is 0.493 e. The number of nitrogens with two attached hydrogens (primary N) is 2. The minimum Gasteiger partial charge on any atom is -0.493 e. The van der Waals surface area contributed by atoms with E-state index in [2.05, 4.69) is 36.5 Å². The van der Waals surface area contributed by atoms with Crippen molar-refractivity contribution in [2.24, 2.45) is 4.99 Å². The number of aliphatic imine (C=N–C) groups is 1. The van der Waals surface area contributed by atoms with Crippen molar-refractivity contribution in [3.05, 3.63) is 39.4 Å². The van der Waals surface area contributed by atoms with Gasteiger partial charge in [-0.2, -0.15) is 10.5 Å². The molecule has 2 aromatic rings. The summed E-state index contributed by atoms with van der Waals surface area (Å²) in [6, 6.07) is 6.57. The molecule has 170 valence electrons. The maximum atomic E-state index is 11.6. The molecule has 3 rings (SSSR count). The zero-order valence-electron chi connectivity index (χ0n) is 17.7. The quantitative estimate of drug-likeness (QED) is 0.186. The molecule has 2 heterocycles. The van der Waals surface area contributed by atoms with Crippen LogP contribution in [0.25, 0.3) is 0 Å². The average molecular weight is 513 g/mol. The maximum Gasteiger partial charge on any atom is 0.305 e. The van der Waals surface area contributed by atoms with E-state index >= 15 is 0 Å². The van der Waals surface area contributed by atoms with Crippen molar-refractivity contribution in [1.82, 2.24) is 10.3 Å². The maximum absolute atomic E-state index is 11.6. The number of nitrogen functional groups attached to an aromatic ring is 2. The molecule has 1 aromatic carbocycles. The molecule has 0 bridgehead atoms. The lowest BCUT2D eigenvalue weighted by Crippen LogP contribution is -2.33. The van der Waals surface area contributed by atoms with Crippen LogP contribution in [0.1, 0.15) is 42.5 Å². The molecule has 12 heteroatoms. The number of halogens is 1. The molecule has 0 fully saturated rings. The zero-order valence-corrected chi connectivity index (χ0v) is 19.3. The SMILES string of the molecule is CCOC(=O)CCCOc1ccc(Br)cc1C1N=C(NC#N)Nc2nc(N)c(C#N)c(N)c21. The van der Waals surface area contributed by atoms with Crippen molar-refractivity contribution < 1.29 is 14.3 Å². The number of fused-ring (bicyclic) bond motifs is 1. The molecule has 1 atom stereocenters. The lowest BCUT2D eigenvalue weighted by atomic mass is 9.94. The van der Waals surface area contributed by atoms with Crippen LogP contribution in [0.15, 0.2) is 27.7 Å². The predicted molar refractivity (Wildman–Crippen MR) is 125 cm³/mol. The van der Waals surface area contributed by atoms with Gasteiger partial charge in [0.1, 0.15) is 35.1 Å². The Morgan fingerprint density at radius 1 is 1.36 bits per heavy atom. The topological polar surface area (TPSA) is 184 Å². The molecule has 6 N–H and O–H groups in total. The molecule has 1 aromatic heterocycles. The van der Waals surface area contributed by atoms with Gasteiger partial charge in [0.15, 0.2) is 6.19 Å². The van der Waals surface area contributed by atoms with Gasteiger partial charge in [-0.05, 0) is 31.5 Å². The highest BCUT2D eigenvalue weighted by Crippen LogP contribution is 2.43. The average Bonchev–Trinajstić information content (AvgIpc) is 2.77. The number of benzene rings is 1. The highest BCUT2D eigenvalue weighted by Gasteiger charge is 2.31. The lowest BCUT2D eigenvalue weighted by Gasteiger charge is -2.27. The molecule has 0 aliphatic carbocycles. The van der Waals surface area contributed by atoms with Gasteiger partial charge in [-0.3, -0.25) is 10.1 Å². The molecule has 11 nitrogen and oxygen atoms in total. The van der Waals surface area contributed by atoms with E-state index < -0.39 is 6.04 Å². The van der Waals surface area contributed by atoms with Crippen LogP contribution in [0.4, 0.5) is 17.3 Å². The summed E-state index contributed by atoms with van der Waals surface area (Å²) in [7, 11) is 0. The molecule has 1 unspecified atom stereocenters. The number of carbonyl (C=O) groups is 1. The van der Waals surface area contributed by atoms with Gasteiger partial charge < -0.3 is 26.3 Å². The van der Waals surface area contributed by atoms with Crippen molar-refractivity contribution in [2.75, 3.05) is 30.0 Å². The van der Waals surface area contributed by atoms with Gasteiger partial charge in [-0.15, -0.1) is 0 Å². The van der Waals surface area contributed by atoms with Crippen molar-refractivity contribution >= 4 is 45.2 Å². The molecule has 1 aliphatic rings. The first-order valence-corrected chi connectivity index (χ1v) is 10.8. The normalized spacial score (nSPS) is 14.1. The summed E-state index contributed by atoms with van der Waals surface area (Å²) in [4.78, 5) is 20.4. The summed E-state index contributed by atoms with van der Waals surface area (Å²) in [6.07, 6.45) is 2.50. The summed E-state index contributed by atoms with van der Waals surface area (Å²) in [6.45, 7) is 2.34. The first kappa shape index (κ1) is 23.6. The minimum atomic E-state index is -0.755. The second kappa shape index (κ2) is 10.5. The molecule has 0 amide bonds. The highest BCUT2D eigenvalue weighted by atomic mass is 79.9. The van der Waals surface area contributed by atoms with E-state index in [0.29, 0.717) is 29.9 Å². The Balaban J connectivity index is 2.01. The number of carbonyl (C=O) groups excluding carboxylic acids is 1. The van der Waals surface area contributed by atoms with E-state index in [0.717, 1.165) is 4.47 Å². The minimum absolute atomic E-state index is 0.0390. The third-order valence-electron chi connectivity index (χ3n) is 4.71. The van der Waals surface area contributed by atoms with Crippen LogP contribution in [-0.4, -0.2) is 30.1 Å². The number of nitriles is 2. The Bertz CT molecular complexity index is 1190. The number of anilines is 3. The fraction of sp³-hybridized carbons (Fsp3) is 0.286. The molecular formula is C21H21BrN8O3. The van der Waals surface area contributed by atoms with Gasteiger partial charge in [0.2, 0.25) is 5.96 Å². The number of ether oxygens (including phenoxy) is 2. The summed E-state index contributed by atoms with van der Waals surface area (Å²) < 4.78 is 11.6. The third kappa shape index (κ3) is 5.25. The Labute approximate surface area is 198 Å². The number of guanidine groups is 1. The summed E-state index contributed by atoms with van der Waals surface area (Å²) >= 11 is 3.46. The Kier molecular flexibility index (Phi) is 7.53. The Morgan fingerprint density at radius 3 is 2.85 bits per heavy atom. The zero-order chi connectivity index (χ0) is 24.0. The second-order valence-corrected chi connectivity index (χ2v) is 7.76. The van der Waals surface area contributed by atoms with Crippen LogP contribution in [0.5, 0.6) is 5.75 Å². The number of pyridine rings is 1. The van der Waals surface area contributed by atoms with Crippen molar-refractivity contribution in [3.8, 4) is 18.0 Å². The summed E-state index contributed by atoms with van der Waals surface area (Å²) in [5.41, 5.74) is 13.4. The lowest BCUT2D eigenvalue weighted by molar-refractivity contribution is -0.143. The van der Waals surface area contributed by atoms with Crippen molar-refractivity contribution in [1.29, 1.82) is 10.5 Å². The highest BCUT2D eigenvalue weighted by molar-refractivity contribution is 9.10. The Morgan fingerprint density at radius 2 is 2.15 bits per heavy atom. The third-order valence-corrected chi connectivity index (χ3v) is 5.21. The second-order valence-electron chi connectivity index (χ2n) is 6.84. The van der Waals surface area contributed by atoms with E-state index in [-0.39, 0.29) is 47.8 Å². The smallest absolute Gasteiger partial charge is 0.305 e. The fourth-order valence-electron chi connectivity index (χ4n) is 3.30. The van der Waals surface area contributed by atoms with E-state index in [4.69, 9.17) is 26.2 Å².